The molecule has 2 heterocycles. The van der Waals surface area contributed by atoms with E-state index in [1.54, 1.807) is 12.1 Å². The maximum absolute atomic E-state index is 13.0. The van der Waals surface area contributed by atoms with Crippen molar-refractivity contribution in [1.29, 1.82) is 0 Å². The van der Waals surface area contributed by atoms with Crippen LogP contribution in [0.15, 0.2) is 24.3 Å². The van der Waals surface area contributed by atoms with Crippen LogP contribution in [0.5, 0.6) is 0 Å². The predicted molar refractivity (Wildman–Crippen MR) is 87.9 cm³/mol. The number of hydrogen-bond acceptors (Lipinski definition) is 3. The van der Waals surface area contributed by atoms with Gasteiger partial charge in [-0.05, 0) is 42.6 Å². The lowest BCUT2D eigenvalue weighted by molar-refractivity contribution is 0.169. The molecular weight excluding hydrogens is 289 g/mol. The van der Waals surface area contributed by atoms with E-state index in [0.29, 0.717) is 5.41 Å². The fraction of sp³-hybridized carbons (Fsp3) is 0.625. The number of halogens is 2. The summed E-state index contributed by atoms with van der Waals surface area (Å²) in [6.45, 7) is 10.2. The molecule has 0 aromatic heterocycles. The van der Waals surface area contributed by atoms with Crippen LogP contribution in [0, 0.1) is 11.2 Å². The highest BCUT2D eigenvalue weighted by atomic mass is 35.5. The van der Waals surface area contributed by atoms with Gasteiger partial charge in [0.15, 0.2) is 0 Å². The third kappa shape index (κ3) is 4.09. The van der Waals surface area contributed by atoms with Gasteiger partial charge in [0.2, 0.25) is 0 Å². The van der Waals surface area contributed by atoms with Crippen molar-refractivity contribution < 1.29 is 4.39 Å². The molecule has 3 rings (SSSR count). The Morgan fingerprint density at radius 1 is 1.14 bits per heavy atom. The van der Waals surface area contributed by atoms with Crippen molar-refractivity contribution in [3.05, 3.63) is 30.1 Å². The highest BCUT2D eigenvalue weighted by Crippen LogP contribution is 2.26. The molecule has 1 unspecified atom stereocenters. The topological polar surface area (TPSA) is 18.5 Å². The highest BCUT2D eigenvalue weighted by Gasteiger charge is 2.31. The van der Waals surface area contributed by atoms with E-state index in [9.17, 15) is 4.39 Å². The summed E-state index contributed by atoms with van der Waals surface area (Å²) in [6.07, 6.45) is 1.28. The Kier molecular flexibility index (Phi) is 5.47. The quantitative estimate of drug-likeness (QED) is 0.924. The lowest BCUT2D eigenvalue weighted by Crippen LogP contribution is -2.49. The first-order chi connectivity index (χ1) is 9.65. The van der Waals surface area contributed by atoms with Crippen LogP contribution < -0.4 is 10.2 Å². The van der Waals surface area contributed by atoms with Gasteiger partial charge in [0.05, 0.1) is 0 Å². The number of rotatable bonds is 3. The number of nitrogens with zero attached hydrogens (tertiary/aromatic N) is 2. The Morgan fingerprint density at radius 2 is 1.81 bits per heavy atom. The minimum atomic E-state index is -0.158. The molecule has 118 valence electrons. The Morgan fingerprint density at radius 3 is 2.38 bits per heavy atom. The second-order valence-electron chi connectivity index (χ2n) is 6.48. The molecule has 0 radical (unpaired) electrons. The molecule has 0 saturated carbocycles. The Bertz CT molecular complexity index is 437. The van der Waals surface area contributed by atoms with Gasteiger partial charge in [0.25, 0.3) is 0 Å². The molecule has 0 aliphatic carbocycles. The van der Waals surface area contributed by atoms with Crippen molar-refractivity contribution >= 4 is 18.1 Å². The van der Waals surface area contributed by atoms with Crippen LogP contribution in [-0.2, 0) is 0 Å². The summed E-state index contributed by atoms with van der Waals surface area (Å²) in [6, 6.07) is 6.86. The van der Waals surface area contributed by atoms with E-state index in [-0.39, 0.29) is 18.2 Å². The third-order valence-corrected chi connectivity index (χ3v) is 4.63. The first-order valence-corrected chi connectivity index (χ1v) is 7.58. The van der Waals surface area contributed by atoms with Crippen molar-refractivity contribution in [3.8, 4) is 0 Å². The zero-order valence-corrected chi connectivity index (χ0v) is 13.5. The van der Waals surface area contributed by atoms with E-state index < -0.39 is 0 Å². The first kappa shape index (κ1) is 16.5. The minimum absolute atomic E-state index is 0. The van der Waals surface area contributed by atoms with Crippen molar-refractivity contribution in [2.75, 3.05) is 50.7 Å². The van der Waals surface area contributed by atoms with Crippen molar-refractivity contribution in [2.24, 2.45) is 5.41 Å². The summed E-state index contributed by atoms with van der Waals surface area (Å²) >= 11 is 0. The van der Waals surface area contributed by atoms with Gasteiger partial charge in [0.1, 0.15) is 5.82 Å². The summed E-state index contributed by atoms with van der Waals surface area (Å²) in [5, 5.41) is 3.47. The van der Waals surface area contributed by atoms with Crippen molar-refractivity contribution in [1.82, 2.24) is 10.2 Å². The zero-order valence-electron chi connectivity index (χ0n) is 12.6. The van der Waals surface area contributed by atoms with E-state index in [1.165, 1.54) is 13.0 Å². The van der Waals surface area contributed by atoms with Gasteiger partial charge in [-0.25, -0.2) is 4.39 Å². The molecule has 3 nitrogen and oxygen atoms in total. The Balaban J connectivity index is 0.00000161. The van der Waals surface area contributed by atoms with E-state index >= 15 is 0 Å². The largest absolute Gasteiger partial charge is 0.369 e. The SMILES string of the molecule is CC1(CN2CCN(c3ccc(F)cc3)CC2)CCNC1.Cl. The Labute approximate surface area is 132 Å². The molecule has 1 aromatic carbocycles. The smallest absolute Gasteiger partial charge is 0.123 e. The second-order valence-corrected chi connectivity index (χ2v) is 6.48. The molecule has 2 aliphatic rings. The van der Waals surface area contributed by atoms with E-state index in [2.05, 4.69) is 22.0 Å². The highest BCUT2D eigenvalue weighted by molar-refractivity contribution is 5.85. The summed E-state index contributed by atoms with van der Waals surface area (Å²) < 4.78 is 13.0. The Hall–Kier alpha value is -0.840. The third-order valence-electron chi connectivity index (χ3n) is 4.63. The van der Waals surface area contributed by atoms with E-state index in [4.69, 9.17) is 0 Å². The van der Waals surface area contributed by atoms with Gasteiger partial charge in [-0.2, -0.15) is 0 Å². The fourth-order valence-corrected chi connectivity index (χ4v) is 3.36. The molecule has 5 heteroatoms. The maximum atomic E-state index is 13.0. The van der Waals surface area contributed by atoms with Crippen LogP contribution in [-0.4, -0.2) is 50.7 Å². The number of nitrogens with one attached hydrogen (secondary N) is 1. The molecular formula is C16H25ClFN3. The lowest BCUT2D eigenvalue weighted by atomic mass is 9.89. The van der Waals surface area contributed by atoms with Crippen molar-refractivity contribution in [2.45, 2.75) is 13.3 Å². The molecule has 1 atom stereocenters. The van der Waals surface area contributed by atoms with E-state index in [1.807, 2.05) is 12.1 Å². The standard InChI is InChI=1S/C16H24FN3.ClH/c1-16(6-7-18-12-16)13-19-8-10-20(11-9-19)15-4-2-14(17)3-5-15;/h2-5,18H,6-13H2,1H3;1H. The monoisotopic (exact) mass is 313 g/mol. The molecule has 0 bridgehead atoms. The summed E-state index contributed by atoms with van der Waals surface area (Å²) in [4.78, 5) is 4.93. The van der Waals surface area contributed by atoms with Crippen molar-refractivity contribution in [3.63, 3.8) is 0 Å². The number of benzene rings is 1. The van der Waals surface area contributed by atoms with Gasteiger partial charge < -0.3 is 10.2 Å². The predicted octanol–water partition coefficient (Wildman–Crippen LogP) is 2.37. The van der Waals surface area contributed by atoms with Gasteiger partial charge in [-0.1, -0.05) is 6.92 Å². The molecule has 1 aromatic rings. The molecule has 0 spiro atoms. The lowest BCUT2D eigenvalue weighted by Gasteiger charge is -2.39. The maximum Gasteiger partial charge on any atom is 0.123 e. The van der Waals surface area contributed by atoms with Crippen LogP contribution >= 0.6 is 12.4 Å². The van der Waals surface area contributed by atoms with Crippen LogP contribution in [0.3, 0.4) is 0 Å². The molecule has 2 saturated heterocycles. The van der Waals surface area contributed by atoms with Gasteiger partial charge >= 0.3 is 0 Å². The molecule has 2 fully saturated rings. The summed E-state index contributed by atoms with van der Waals surface area (Å²) in [7, 11) is 0. The molecule has 1 N–H and O–H groups in total. The van der Waals surface area contributed by atoms with Gasteiger partial charge in [-0.3, -0.25) is 4.90 Å². The van der Waals surface area contributed by atoms with Gasteiger partial charge in [0, 0.05) is 45.0 Å². The van der Waals surface area contributed by atoms with Crippen LogP contribution in [0.2, 0.25) is 0 Å². The summed E-state index contributed by atoms with van der Waals surface area (Å²) in [5.74, 6) is -0.158. The zero-order chi connectivity index (χ0) is 14.0. The van der Waals surface area contributed by atoms with E-state index in [0.717, 1.165) is 45.0 Å². The average Bonchev–Trinajstić information content (AvgIpc) is 2.87. The first-order valence-electron chi connectivity index (χ1n) is 7.58. The average molecular weight is 314 g/mol. The number of anilines is 1. The molecule has 21 heavy (non-hydrogen) atoms. The van der Waals surface area contributed by atoms with Crippen LogP contribution in [0.4, 0.5) is 10.1 Å². The normalized spacial score (nSPS) is 26.7. The number of piperazine rings is 1. The summed E-state index contributed by atoms with van der Waals surface area (Å²) in [5.41, 5.74) is 1.58. The molecule has 0 amide bonds. The van der Waals surface area contributed by atoms with Gasteiger partial charge in [-0.15, -0.1) is 12.4 Å². The number of hydrogen-bond donors (Lipinski definition) is 1. The molecule has 2 aliphatic heterocycles. The second kappa shape index (κ2) is 6.95. The fourth-order valence-electron chi connectivity index (χ4n) is 3.36. The minimum Gasteiger partial charge on any atom is -0.369 e. The van der Waals surface area contributed by atoms with Crippen LogP contribution in [0.25, 0.3) is 0 Å². The van der Waals surface area contributed by atoms with Crippen LogP contribution in [0.1, 0.15) is 13.3 Å².